The Kier molecular flexibility index (Phi) is 4.04. The van der Waals surface area contributed by atoms with Crippen LogP contribution < -0.4 is 0 Å². The van der Waals surface area contributed by atoms with Crippen LogP contribution in [-0.4, -0.2) is 35.2 Å². The Morgan fingerprint density at radius 2 is 1.91 bits per heavy atom. The van der Waals surface area contributed by atoms with Gasteiger partial charge in [0.25, 0.3) is 0 Å². The molecule has 1 N–H and O–H groups in total. The maximum atomic E-state index is 9.70. The van der Waals surface area contributed by atoms with Crippen molar-refractivity contribution in [3.05, 3.63) is 0 Å². The summed E-state index contributed by atoms with van der Waals surface area (Å²) in [7, 11) is 2.04. The summed E-state index contributed by atoms with van der Waals surface area (Å²) in [6.07, 6.45) is 0.810. The lowest BCUT2D eigenvalue weighted by atomic mass is 10.0. The minimum Gasteiger partial charge on any atom is -0.389 e. The van der Waals surface area contributed by atoms with Crippen molar-refractivity contribution >= 4 is 0 Å². The van der Waals surface area contributed by atoms with E-state index in [0.717, 1.165) is 13.0 Å². The van der Waals surface area contributed by atoms with Gasteiger partial charge in [-0.2, -0.15) is 0 Å². The topological polar surface area (TPSA) is 23.5 Å². The molecule has 2 nitrogen and oxygen atoms in total. The van der Waals surface area contributed by atoms with Crippen molar-refractivity contribution in [3.8, 4) is 0 Å². The zero-order valence-electron chi connectivity index (χ0n) is 8.39. The first-order valence-electron chi connectivity index (χ1n) is 4.31. The van der Waals surface area contributed by atoms with E-state index in [4.69, 9.17) is 0 Å². The van der Waals surface area contributed by atoms with Gasteiger partial charge in [0, 0.05) is 12.6 Å². The lowest BCUT2D eigenvalue weighted by Crippen LogP contribution is -2.41. The second-order valence-corrected chi connectivity index (χ2v) is 3.86. The smallest absolute Gasteiger partial charge is 0.0743 e. The fourth-order valence-corrected chi connectivity index (χ4v) is 0.832. The molecule has 1 atom stereocenters. The van der Waals surface area contributed by atoms with Crippen molar-refractivity contribution in [2.45, 2.75) is 45.8 Å². The van der Waals surface area contributed by atoms with Crippen LogP contribution in [0.4, 0.5) is 0 Å². The first-order chi connectivity index (χ1) is 4.89. The molecule has 68 valence electrons. The van der Waals surface area contributed by atoms with E-state index in [1.165, 1.54) is 0 Å². The molecule has 0 heterocycles. The lowest BCUT2D eigenvalue weighted by molar-refractivity contribution is 0.0160. The normalized spacial score (nSPS) is 17.5. The molecule has 0 radical (unpaired) electrons. The number of hydrogen-bond donors (Lipinski definition) is 1. The molecule has 11 heavy (non-hydrogen) atoms. The van der Waals surface area contributed by atoms with Gasteiger partial charge in [0.05, 0.1) is 5.60 Å². The minimum absolute atomic E-state index is 0.507. The largest absolute Gasteiger partial charge is 0.389 e. The standard InChI is InChI=1S/C9H21NO/c1-6-9(4,11)7-10(5)8(2)3/h8,11H,6-7H2,1-5H3. The summed E-state index contributed by atoms with van der Waals surface area (Å²) in [5.41, 5.74) is -0.529. The SMILES string of the molecule is CCC(C)(O)CN(C)C(C)C. The first kappa shape index (κ1) is 10.9. The van der Waals surface area contributed by atoms with Crippen molar-refractivity contribution in [1.29, 1.82) is 0 Å². The first-order valence-corrected chi connectivity index (χ1v) is 4.31. The van der Waals surface area contributed by atoms with Gasteiger partial charge in [-0.25, -0.2) is 0 Å². The second kappa shape index (κ2) is 4.07. The Bertz CT molecular complexity index is 110. The third-order valence-electron chi connectivity index (χ3n) is 2.23. The molecule has 0 aliphatic rings. The molecule has 0 amide bonds. The van der Waals surface area contributed by atoms with Crippen LogP contribution >= 0.6 is 0 Å². The zero-order valence-corrected chi connectivity index (χ0v) is 8.39. The van der Waals surface area contributed by atoms with Crippen molar-refractivity contribution < 1.29 is 5.11 Å². The number of likely N-dealkylation sites (N-methyl/N-ethyl adjacent to an activating group) is 1. The molecule has 0 saturated heterocycles. The molecule has 0 bridgehead atoms. The monoisotopic (exact) mass is 159 g/mol. The van der Waals surface area contributed by atoms with E-state index in [9.17, 15) is 5.11 Å². The van der Waals surface area contributed by atoms with E-state index in [1.54, 1.807) is 0 Å². The number of rotatable bonds is 4. The molecule has 0 aromatic rings. The summed E-state index contributed by atoms with van der Waals surface area (Å²) < 4.78 is 0. The molecular weight excluding hydrogens is 138 g/mol. The summed E-state index contributed by atoms with van der Waals surface area (Å²) in [5.74, 6) is 0. The summed E-state index contributed by atoms with van der Waals surface area (Å²) >= 11 is 0. The summed E-state index contributed by atoms with van der Waals surface area (Å²) in [5, 5.41) is 9.70. The fourth-order valence-electron chi connectivity index (χ4n) is 0.832. The third kappa shape index (κ3) is 4.38. The van der Waals surface area contributed by atoms with Crippen LogP contribution in [0.25, 0.3) is 0 Å². The summed E-state index contributed by atoms with van der Waals surface area (Å²) in [6, 6.07) is 0.507. The molecule has 0 aromatic carbocycles. The van der Waals surface area contributed by atoms with Crippen LogP contribution in [0, 0.1) is 0 Å². The summed E-state index contributed by atoms with van der Waals surface area (Å²) in [4.78, 5) is 2.16. The maximum Gasteiger partial charge on any atom is 0.0743 e. The summed E-state index contributed by atoms with van der Waals surface area (Å²) in [6.45, 7) is 8.90. The Hall–Kier alpha value is -0.0800. The van der Waals surface area contributed by atoms with Crippen LogP contribution in [0.5, 0.6) is 0 Å². The molecule has 0 aliphatic heterocycles. The molecule has 1 unspecified atom stereocenters. The highest BCUT2D eigenvalue weighted by Crippen LogP contribution is 2.10. The van der Waals surface area contributed by atoms with Crippen molar-refractivity contribution in [3.63, 3.8) is 0 Å². The van der Waals surface area contributed by atoms with E-state index >= 15 is 0 Å². The molecule has 2 heteroatoms. The number of aliphatic hydroxyl groups is 1. The molecule has 0 fully saturated rings. The van der Waals surface area contributed by atoms with Gasteiger partial charge in [-0.15, -0.1) is 0 Å². The van der Waals surface area contributed by atoms with Gasteiger partial charge in [-0.05, 0) is 34.2 Å². The average Bonchev–Trinajstić information content (AvgIpc) is 1.87. The van der Waals surface area contributed by atoms with Gasteiger partial charge in [-0.3, -0.25) is 0 Å². The Labute approximate surface area is 70.2 Å². The Balaban J connectivity index is 3.83. The molecule has 0 rings (SSSR count). The predicted molar refractivity (Wildman–Crippen MR) is 48.7 cm³/mol. The van der Waals surface area contributed by atoms with E-state index < -0.39 is 5.60 Å². The van der Waals surface area contributed by atoms with Crippen LogP contribution in [0.1, 0.15) is 34.1 Å². The lowest BCUT2D eigenvalue weighted by Gasteiger charge is -2.30. The number of nitrogens with zero attached hydrogens (tertiary/aromatic N) is 1. The van der Waals surface area contributed by atoms with Gasteiger partial charge in [0.2, 0.25) is 0 Å². The van der Waals surface area contributed by atoms with Crippen LogP contribution in [-0.2, 0) is 0 Å². The van der Waals surface area contributed by atoms with Gasteiger partial charge in [0.1, 0.15) is 0 Å². The van der Waals surface area contributed by atoms with Crippen LogP contribution in [0.15, 0.2) is 0 Å². The molecule has 0 aromatic heterocycles. The van der Waals surface area contributed by atoms with Crippen molar-refractivity contribution in [2.75, 3.05) is 13.6 Å². The van der Waals surface area contributed by atoms with Crippen LogP contribution in [0.2, 0.25) is 0 Å². The Morgan fingerprint density at radius 1 is 1.45 bits per heavy atom. The van der Waals surface area contributed by atoms with Crippen molar-refractivity contribution in [2.24, 2.45) is 0 Å². The fraction of sp³-hybridized carbons (Fsp3) is 1.00. The number of hydrogen-bond acceptors (Lipinski definition) is 2. The van der Waals surface area contributed by atoms with E-state index in [1.807, 2.05) is 20.9 Å². The second-order valence-electron chi connectivity index (χ2n) is 3.86. The van der Waals surface area contributed by atoms with E-state index in [2.05, 4.69) is 18.7 Å². The van der Waals surface area contributed by atoms with Gasteiger partial charge in [0.15, 0.2) is 0 Å². The van der Waals surface area contributed by atoms with Gasteiger partial charge < -0.3 is 10.0 Å². The molecule has 0 aliphatic carbocycles. The highest BCUT2D eigenvalue weighted by Gasteiger charge is 2.20. The highest BCUT2D eigenvalue weighted by molar-refractivity contribution is 4.75. The van der Waals surface area contributed by atoms with Gasteiger partial charge >= 0.3 is 0 Å². The maximum absolute atomic E-state index is 9.70. The van der Waals surface area contributed by atoms with Gasteiger partial charge in [-0.1, -0.05) is 6.92 Å². The van der Waals surface area contributed by atoms with Crippen molar-refractivity contribution in [1.82, 2.24) is 4.90 Å². The van der Waals surface area contributed by atoms with Crippen LogP contribution in [0.3, 0.4) is 0 Å². The van der Waals surface area contributed by atoms with E-state index in [0.29, 0.717) is 6.04 Å². The molecule has 0 spiro atoms. The highest BCUT2D eigenvalue weighted by atomic mass is 16.3. The average molecular weight is 159 g/mol. The third-order valence-corrected chi connectivity index (χ3v) is 2.23. The quantitative estimate of drug-likeness (QED) is 0.671. The molecular formula is C9H21NO. The Morgan fingerprint density at radius 3 is 2.18 bits per heavy atom. The zero-order chi connectivity index (χ0) is 9.07. The minimum atomic E-state index is -0.529. The van der Waals surface area contributed by atoms with E-state index in [-0.39, 0.29) is 0 Å². The predicted octanol–water partition coefficient (Wildman–Crippen LogP) is 1.49. The molecule has 0 saturated carbocycles.